The molecule has 2 aromatic rings. The molecule has 2 nitrogen and oxygen atoms in total. The van der Waals surface area contributed by atoms with Crippen LogP contribution in [0, 0.1) is 5.82 Å². The first-order chi connectivity index (χ1) is 5.83. The predicted octanol–water partition coefficient (Wildman–Crippen LogP) is 2.32. The molecule has 0 unspecified atom stereocenters. The molecular weight excluding hydrogens is 157 g/mol. The zero-order valence-electron chi connectivity index (χ0n) is 6.60. The second kappa shape index (κ2) is 2.52. The van der Waals surface area contributed by atoms with Crippen LogP contribution in [0.5, 0.6) is 5.75 Å². The molecule has 62 valence electrons. The molecule has 0 saturated carbocycles. The van der Waals surface area contributed by atoms with Crippen molar-refractivity contribution in [1.82, 2.24) is 4.98 Å². The summed E-state index contributed by atoms with van der Waals surface area (Å²) in [6, 6.07) is 4.69. The van der Waals surface area contributed by atoms with Crippen LogP contribution in [-0.2, 0) is 0 Å². The van der Waals surface area contributed by atoms with Crippen molar-refractivity contribution in [1.29, 1.82) is 0 Å². The molecule has 1 N–H and O–H groups in total. The molecule has 0 bridgehead atoms. The Kier molecular flexibility index (Phi) is 1.50. The lowest BCUT2D eigenvalue weighted by Crippen LogP contribution is -1.85. The number of benzene rings is 1. The van der Waals surface area contributed by atoms with Gasteiger partial charge in [0.25, 0.3) is 0 Å². The van der Waals surface area contributed by atoms with E-state index in [2.05, 4.69) is 4.98 Å². The fraction of sp³-hybridized carbons (Fsp3) is 0.111. The third-order valence-electron chi connectivity index (χ3n) is 1.85. The maximum Gasteiger partial charge on any atom is 0.143 e. The highest BCUT2D eigenvalue weighted by Gasteiger charge is 2.05. The number of nitrogens with one attached hydrogen (secondary N) is 1. The molecule has 0 aliphatic heterocycles. The summed E-state index contributed by atoms with van der Waals surface area (Å²) in [5.74, 6) is 0.434. The van der Waals surface area contributed by atoms with Gasteiger partial charge in [0.15, 0.2) is 0 Å². The van der Waals surface area contributed by atoms with Crippen molar-refractivity contribution in [3.63, 3.8) is 0 Å². The Morgan fingerprint density at radius 1 is 1.33 bits per heavy atom. The summed E-state index contributed by atoms with van der Waals surface area (Å²) in [4.78, 5) is 2.91. The molecule has 2 rings (SSSR count). The van der Waals surface area contributed by atoms with E-state index in [1.807, 2.05) is 0 Å². The van der Waals surface area contributed by atoms with E-state index in [9.17, 15) is 4.39 Å². The van der Waals surface area contributed by atoms with Gasteiger partial charge in [0.05, 0.1) is 12.6 Å². The lowest BCUT2D eigenvalue weighted by molar-refractivity contribution is 0.418. The van der Waals surface area contributed by atoms with Crippen LogP contribution in [0.2, 0.25) is 0 Å². The van der Waals surface area contributed by atoms with Crippen LogP contribution in [0.1, 0.15) is 0 Å². The van der Waals surface area contributed by atoms with E-state index >= 15 is 0 Å². The van der Waals surface area contributed by atoms with Gasteiger partial charge in [-0.3, -0.25) is 0 Å². The fourth-order valence-electron chi connectivity index (χ4n) is 1.26. The number of aromatic amines is 1. The Balaban J connectivity index is 2.82. The third kappa shape index (κ3) is 0.863. The highest BCUT2D eigenvalue weighted by Crippen LogP contribution is 2.25. The molecule has 0 amide bonds. The zero-order chi connectivity index (χ0) is 8.55. The Hall–Kier alpha value is -1.51. The standard InChI is InChI=1S/C9H8FNO/c1-12-8-3-2-7(10)6-4-5-11-9(6)8/h2-5,11H,1H3. The number of halogens is 1. The number of ether oxygens (including phenoxy) is 1. The fourth-order valence-corrected chi connectivity index (χ4v) is 1.26. The zero-order valence-corrected chi connectivity index (χ0v) is 6.60. The summed E-state index contributed by atoms with van der Waals surface area (Å²) in [6.45, 7) is 0. The van der Waals surface area contributed by atoms with Crippen LogP contribution in [0.3, 0.4) is 0 Å². The minimum absolute atomic E-state index is 0.230. The van der Waals surface area contributed by atoms with E-state index in [0.29, 0.717) is 16.7 Å². The van der Waals surface area contributed by atoms with Crippen molar-refractivity contribution in [3.8, 4) is 5.75 Å². The molecule has 3 heteroatoms. The number of rotatable bonds is 1. The summed E-state index contributed by atoms with van der Waals surface area (Å²) in [5.41, 5.74) is 0.706. The first kappa shape index (κ1) is 7.16. The van der Waals surface area contributed by atoms with Crippen molar-refractivity contribution in [3.05, 3.63) is 30.2 Å². The van der Waals surface area contributed by atoms with Crippen LogP contribution >= 0.6 is 0 Å². The summed E-state index contributed by atoms with van der Waals surface area (Å²) < 4.78 is 18.1. The van der Waals surface area contributed by atoms with Crippen molar-refractivity contribution >= 4 is 10.9 Å². The van der Waals surface area contributed by atoms with E-state index in [-0.39, 0.29) is 5.82 Å². The number of hydrogen-bond acceptors (Lipinski definition) is 1. The molecule has 0 aliphatic rings. The van der Waals surface area contributed by atoms with Crippen LogP contribution in [0.25, 0.3) is 10.9 Å². The first-order valence-electron chi connectivity index (χ1n) is 3.62. The monoisotopic (exact) mass is 165 g/mol. The molecule has 12 heavy (non-hydrogen) atoms. The highest BCUT2D eigenvalue weighted by atomic mass is 19.1. The minimum atomic E-state index is -0.230. The number of aromatic nitrogens is 1. The largest absolute Gasteiger partial charge is 0.495 e. The van der Waals surface area contributed by atoms with Crippen LogP contribution in [0.4, 0.5) is 4.39 Å². The second-order valence-electron chi connectivity index (χ2n) is 2.52. The van der Waals surface area contributed by atoms with E-state index in [4.69, 9.17) is 4.74 Å². The number of methoxy groups -OCH3 is 1. The third-order valence-corrected chi connectivity index (χ3v) is 1.85. The lowest BCUT2D eigenvalue weighted by Gasteiger charge is -2.00. The van der Waals surface area contributed by atoms with Gasteiger partial charge in [-0.2, -0.15) is 0 Å². The number of hydrogen-bond donors (Lipinski definition) is 1. The molecular formula is C9H8FNO. The van der Waals surface area contributed by atoms with Crippen molar-refractivity contribution in [2.75, 3.05) is 7.11 Å². The average Bonchev–Trinajstić information content (AvgIpc) is 2.54. The Labute approximate surface area is 69.0 Å². The number of H-pyrrole nitrogens is 1. The molecule has 1 aromatic carbocycles. The van der Waals surface area contributed by atoms with Crippen LogP contribution in [-0.4, -0.2) is 12.1 Å². The summed E-state index contributed by atoms with van der Waals surface area (Å²) in [5, 5.41) is 0.564. The molecule has 1 heterocycles. The molecule has 0 radical (unpaired) electrons. The topological polar surface area (TPSA) is 25.0 Å². The van der Waals surface area contributed by atoms with E-state index < -0.39 is 0 Å². The minimum Gasteiger partial charge on any atom is -0.495 e. The van der Waals surface area contributed by atoms with E-state index in [1.54, 1.807) is 25.4 Å². The average molecular weight is 165 g/mol. The predicted molar refractivity (Wildman–Crippen MR) is 44.8 cm³/mol. The van der Waals surface area contributed by atoms with Crippen molar-refractivity contribution in [2.24, 2.45) is 0 Å². The van der Waals surface area contributed by atoms with Crippen molar-refractivity contribution in [2.45, 2.75) is 0 Å². The Morgan fingerprint density at radius 3 is 2.92 bits per heavy atom. The van der Waals surface area contributed by atoms with Crippen molar-refractivity contribution < 1.29 is 9.13 Å². The number of fused-ring (bicyclic) bond motifs is 1. The molecule has 0 fully saturated rings. The van der Waals surface area contributed by atoms with Gasteiger partial charge in [-0.25, -0.2) is 4.39 Å². The smallest absolute Gasteiger partial charge is 0.143 e. The molecule has 0 spiro atoms. The maximum absolute atomic E-state index is 13.1. The summed E-state index contributed by atoms with van der Waals surface area (Å²) in [6.07, 6.45) is 1.69. The van der Waals surface area contributed by atoms with Gasteiger partial charge in [-0.1, -0.05) is 0 Å². The molecule has 0 saturated heterocycles. The van der Waals surface area contributed by atoms with Gasteiger partial charge in [0.1, 0.15) is 11.6 Å². The van der Waals surface area contributed by atoms with Gasteiger partial charge in [0, 0.05) is 11.6 Å². The van der Waals surface area contributed by atoms with E-state index in [0.717, 1.165) is 0 Å². The lowest BCUT2D eigenvalue weighted by atomic mass is 10.2. The summed E-state index contributed by atoms with van der Waals surface area (Å²) in [7, 11) is 1.56. The van der Waals surface area contributed by atoms with E-state index in [1.165, 1.54) is 6.07 Å². The molecule has 1 aromatic heterocycles. The van der Waals surface area contributed by atoms with Gasteiger partial charge >= 0.3 is 0 Å². The van der Waals surface area contributed by atoms with Gasteiger partial charge in [-0.15, -0.1) is 0 Å². The summed E-state index contributed by atoms with van der Waals surface area (Å²) >= 11 is 0. The second-order valence-corrected chi connectivity index (χ2v) is 2.52. The quantitative estimate of drug-likeness (QED) is 0.689. The SMILES string of the molecule is COc1ccc(F)c2cc[nH]c12. The molecule has 0 aliphatic carbocycles. The Morgan fingerprint density at radius 2 is 2.17 bits per heavy atom. The first-order valence-corrected chi connectivity index (χ1v) is 3.62. The van der Waals surface area contributed by atoms with Gasteiger partial charge < -0.3 is 9.72 Å². The van der Waals surface area contributed by atoms with Crippen LogP contribution in [0.15, 0.2) is 24.4 Å². The highest BCUT2D eigenvalue weighted by molar-refractivity contribution is 5.85. The molecule has 0 atom stereocenters. The van der Waals surface area contributed by atoms with Crippen LogP contribution < -0.4 is 4.74 Å². The normalized spacial score (nSPS) is 10.5. The Bertz CT molecular complexity index is 408. The maximum atomic E-state index is 13.1. The van der Waals surface area contributed by atoms with Gasteiger partial charge in [0.2, 0.25) is 0 Å². The van der Waals surface area contributed by atoms with Gasteiger partial charge in [-0.05, 0) is 18.2 Å².